The number of hydrogen-bond donors (Lipinski definition) is 3. The van der Waals surface area contributed by atoms with Crippen LogP contribution in [0.15, 0.2) is 11.1 Å². The van der Waals surface area contributed by atoms with Crippen molar-refractivity contribution in [3.63, 3.8) is 0 Å². The second-order valence-electron chi connectivity index (χ2n) is 4.71. The Morgan fingerprint density at radius 3 is 2.48 bits per heavy atom. The molecule has 2 aromatic rings. The number of benzene rings is 1. The van der Waals surface area contributed by atoms with Gasteiger partial charge in [0.15, 0.2) is 0 Å². The number of H-pyrrole nitrogens is 1. The van der Waals surface area contributed by atoms with Gasteiger partial charge in [0.25, 0.3) is 0 Å². The molecule has 4 N–H and O–H groups in total. The van der Waals surface area contributed by atoms with Crippen LogP contribution in [0.25, 0.3) is 11.1 Å². The highest BCUT2D eigenvalue weighted by molar-refractivity contribution is 7.86. The molecule has 1 aromatic carbocycles. The van der Waals surface area contributed by atoms with Crippen LogP contribution in [0.2, 0.25) is 10.0 Å². The number of nitrogens with one attached hydrogen (secondary N) is 2. The molecular weight excluding hydrogens is 372 g/mol. The predicted molar refractivity (Wildman–Crippen MR) is 87.1 cm³/mol. The van der Waals surface area contributed by atoms with Crippen LogP contribution in [0.1, 0.15) is 18.2 Å². The monoisotopic (exact) mass is 384 g/mol. The minimum absolute atomic E-state index is 0.165. The third kappa shape index (κ3) is 3.20. The van der Waals surface area contributed by atoms with Gasteiger partial charge < -0.3 is 5.73 Å². The van der Waals surface area contributed by atoms with Gasteiger partial charge in [-0.2, -0.15) is 18.3 Å². The molecule has 1 aromatic heterocycles. The van der Waals surface area contributed by atoms with Crippen molar-refractivity contribution in [2.45, 2.75) is 25.0 Å². The number of aryl methyl sites for hydroxylation is 1. The minimum atomic E-state index is -4.66. The summed E-state index contributed by atoms with van der Waals surface area (Å²) < 4.78 is 47.0. The molecule has 4 nitrogen and oxygen atoms in total. The van der Waals surface area contributed by atoms with Gasteiger partial charge in [-0.15, -0.1) is 0 Å². The molecule has 0 amide bonds. The first-order valence-electron chi connectivity index (χ1n) is 6.41. The molecule has 126 valence electrons. The standard InChI is InChI=1S/C13H13Cl2F3N4S/c1-3-23(20)12-8(5(2)21-22-12)9-7(14)4-6(13(16,17)18)11(19)10(9)15/h4,20H,3,19H2,1-2H3,(H,21,22). The van der Waals surface area contributed by atoms with Gasteiger partial charge in [0.2, 0.25) is 0 Å². The Morgan fingerprint density at radius 1 is 1.35 bits per heavy atom. The number of halogens is 5. The fourth-order valence-corrected chi connectivity index (χ4v) is 3.69. The number of nitrogen functional groups attached to an aromatic ring is 1. The summed E-state index contributed by atoms with van der Waals surface area (Å²) in [5.74, 6) is 0.503. The third-order valence-corrected chi connectivity index (χ3v) is 5.28. The van der Waals surface area contributed by atoms with Crippen LogP contribution in [0, 0.1) is 11.7 Å². The topological polar surface area (TPSA) is 78.5 Å². The van der Waals surface area contributed by atoms with E-state index in [2.05, 4.69) is 10.2 Å². The first-order valence-corrected chi connectivity index (χ1v) is 8.56. The Morgan fingerprint density at radius 2 is 1.96 bits per heavy atom. The van der Waals surface area contributed by atoms with E-state index in [1.165, 1.54) is 0 Å². The number of rotatable bonds is 3. The zero-order valence-corrected chi connectivity index (χ0v) is 14.4. The maximum absolute atomic E-state index is 13.0. The van der Waals surface area contributed by atoms with Crippen LogP contribution >= 0.6 is 23.2 Å². The second-order valence-corrected chi connectivity index (χ2v) is 7.25. The minimum Gasteiger partial charge on any atom is -0.397 e. The number of alkyl halides is 3. The van der Waals surface area contributed by atoms with E-state index in [0.29, 0.717) is 22.0 Å². The van der Waals surface area contributed by atoms with E-state index >= 15 is 0 Å². The van der Waals surface area contributed by atoms with Crippen LogP contribution in [-0.2, 0) is 16.9 Å². The molecule has 1 atom stereocenters. The van der Waals surface area contributed by atoms with E-state index in [1.54, 1.807) is 6.92 Å². The lowest BCUT2D eigenvalue weighted by Crippen LogP contribution is -2.10. The highest BCUT2D eigenvalue weighted by Gasteiger charge is 2.36. The molecule has 0 bridgehead atoms. The predicted octanol–water partition coefficient (Wildman–Crippen LogP) is 5.05. The Bertz CT molecular complexity index is 787. The van der Waals surface area contributed by atoms with Gasteiger partial charge in [0.1, 0.15) is 5.03 Å². The van der Waals surface area contributed by atoms with Crippen molar-refractivity contribution in [1.29, 1.82) is 4.78 Å². The number of nitrogens with two attached hydrogens (primary N) is 1. The van der Waals surface area contributed by atoms with E-state index < -0.39 is 28.1 Å². The van der Waals surface area contributed by atoms with Gasteiger partial charge in [0, 0.05) is 22.6 Å². The first kappa shape index (κ1) is 18.1. The van der Waals surface area contributed by atoms with E-state index in [0.717, 1.165) is 6.07 Å². The van der Waals surface area contributed by atoms with Crippen LogP contribution in [-0.4, -0.2) is 16.0 Å². The summed E-state index contributed by atoms with van der Waals surface area (Å²) in [5, 5.41) is 6.71. The molecule has 0 aliphatic rings. The zero-order chi connectivity index (χ0) is 17.5. The molecule has 2 rings (SSSR count). The number of anilines is 1. The van der Waals surface area contributed by atoms with Gasteiger partial charge in [0.05, 0.1) is 21.3 Å². The van der Waals surface area contributed by atoms with Crippen molar-refractivity contribution < 1.29 is 13.2 Å². The molecule has 0 aliphatic heterocycles. The SMILES string of the molecule is CCS(=N)c1n[nH]c(C)c1-c1c(Cl)cc(C(F)(F)F)c(N)c1Cl. The molecule has 0 aliphatic carbocycles. The molecule has 0 radical (unpaired) electrons. The molecule has 1 heterocycles. The van der Waals surface area contributed by atoms with E-state index in [9.17, 15) is 13.2 Å². The van der Waals surface area contributed by atoms with E-state index in [-0.39, 0.29) is 15.6 Å². The lowest BCUT2D eigenvalue weighted by atomic mass is 10.0. The van der Waals surface area contributed by atoms with Crippen LogP contribution in [0.5, 0.6) is 0 Å². The van der Waals surface area contributed by atoms with Gasteiger partial charge in [-0.05, 0) is 13.0 Å². The van der Waals surface area contributed by atoms with E-state index in [4.69, 9.17) is 33.7 Å². The van der Waals surface area contributed by atoms with Crippen LogP contribution in [0.3, 0.4) is 0 Å². The molecule has 1 unspecified atom stereocenters. The normalized spacial score (nSPS) is 13.3. The summed E-state index contributed by atoms with van der Waals surface area (Å²) in [5.41, 5.74) is 5.05. The van der Waals surface area contributed by atoms with Crippen molar-refractivity contribution >= 4 is 39.6 Å². The molecule has 0 spiro atoms. The molecule has 23 heavy (non-hydrogen) atoms. The maximum atomic E-state index is 13.0. The molecular formula is C13H13Cl2F3N4S. The highest BCUT2D eigenvalue weighted by Crippen LogP contribution is 2.47. The summed E-state index contributed by atoms with van der Waals surface area (Å²) in [6.07, 6.45) is -4.66. The second kappa shape index (κ2) is 6.33. The Kier molecular flexibility index (Phi) is 4.98. The van der Waals surface area contributed by atoms with Crippen molar-refractivity contribution in [3.05, 3.63) is 27.4 Å². The molecule has 0 saturated heterocycles. The van der Waals surface area contributed by atoms with Crippen molar-refractivity contribution in [3.8, 4) is 11.1 Å². The van der Waals surface area contributed by atoms with Gasteiger partial charge in [-0.3, -0.25) is 9.88 Å². The quantitative estimate of drug-likeness (QED) is 0.647. The Balaban J connectivity index is 2.79. The Labute approximate surface area is 143 Å². The molecule has 0 fully saturated rings. The van der Waals surface area contributed by atoms with Gasteiger partial charge >= 0.3 is 6.18 Å². The van der Waals surface area contributed by atoms with Crippen molar-refractivity contribution in [1.82, 2.24) is 10.2 Å². The number of hydrogen-bond acceptors (Lipinski definition) is 3. The average Bonchev–Trinajstić information content (AvgIpc) is 2.83. The summed E-state index contributed by atoms with van der Waals surface area (Å²) in [6.45, 7) is 3.49. The summed E-state index contributed by atoms with van der Waals surface area (Å²) in [7, 11) is -0.950. The smallest absolute Gasteiger partial charge is 0.397 e. The fraction of sp³-hybridized carbons (Fsp3) is 0.308. The zero-order valence-electron chi connectivity index (χ0n) is 12.1. The summed E-state index contributed by atoms with van der Waals surface area (Å²) in [6, 6.07) is 0.752. The average molecular weight is 385 g/mol. The van der Waals surface area contributed by atoms with E-state index in [1.807, 2.05) is 6.92 Å². The number of aromatic nitrogens is 2. The maximum Gasteiger partial charge on any atom is 0.418 e. The lowest BCUT2D eigenvalue weighted by molar-refractivity contribution is -0.136. The Hall–Kier alpha value is -1.25. The summed E-state index contributed by atoms with van der Waals surface area (Å²) in [4.78, 5) is 0. The number of aromatic amines is 1. The van der Waals surface area contributed by atoms with Crippen LogP contribution in [0.4, 0.5) is 18.9 Å². The molecule has 10 heteroatoms. The molecule has 0 saturated carbocycles. The highest BCUT2D eigenvalue weighted by atomic mass is 35.5. The van der Waals surface area contributed by atoms with Gasteiger partial charge in [-0.25, -0.2) is 0 Å². The fourth-order valence-electron chi connectivity index (χ4n) is 2.11. The van der Waals surface area contributed by atoms with Crippen molar-refractivity contribution in [2.75, 3.05) is 11.5 Å². The lowest BCUT2D eigenvalue weighted by Gasteiger charge is -2.16. The van der Waals surface area contributed by atoms with Crippen LogP contribution < -0.4 is 5.73 Å². The number of nitrogens with zero attached hydrogens (tertiary/aromatic N) is 1. The van der Waals surface area contributed by atoms with Gasteiger partial charge in [-0.1, -0.05) is 40.8 Å². The van der Waals surface area contributed by atoms with Crippen molar-refractivity contribution in [2.24, 2.45) is 0 Å². The largest absolute Gasteiger partial charge is 0.418 e. The first-order chi connectivity index (χ1) is 10.6. The third-order valence-electron chi connectivity index (χ3n) is 3.25. The summed E-state index contributed by atoms with van der Waals surface area (Å²) >= 11 is 12.1.